The molecule has 6 heteroatoms. The van der Waals surface area contributed by atoms with Gasteiger partial charge in [-0.3, -0.25) is 4.98 Å². The minimum absolute atomic E-state index is 0.160. The fourth-order valence-electron chi connectivity index (χ4n) is 3.36. The number of aromatic nitrogens is 1. The number of esters is 1. The van der Waals surface area contributed by atoms with Gasteiger partial charge in [-0.05, 0) is 61.0 Å². The molecule has 0 radical (unpaired) electrons. The molecule has 0 aliphatic heterocycles. The molecule has 25 heavy (non-hydrogen) atoms. The Bertz CT molecular complexity index is 758. The molecule has 0 saturated heterocycles. The van der Waals surface area contributed by atoms with Crippen LogP contribution in [0.1, 0.15) is 41.6 Å². The first-order chi connectivity index (χ1) is 12.1. The number of carbonyl (C=O) groups is 1. The summed E-state index contributed by atoms with van der Waals surface area (Å²) < 4.78 is 4.76. The van der Waals surface area contributed by atoms with Crippen molar-refractivity contribution in [1.29, 1.82) is 0 Å². The van der Waals surface area contributed by atoms with E-state index < -0.39 is 0 Å². The van der Waals surface area contributed by atoms with Crippen LogP contribution < -0.4 is 10.6 Å². The fourth-order valence-corrected chi connectivity index (χ4v) is 3.67. The standard InChI is InChI=1S/C19H21N3O2S/c1-24-17(23)14-5-4-6-16(13-14)21-18(25)22-19(9-2-3-10-19)15-7-11-20-12-8-15/h4-8,11-13H,2-3,9-10H2,1H3,(H2,21,22,25). The molecule has 0 spiro atoms. The van der Waals surface area contributed by atoms with Crippen molar-refractivity contribution in [2.24, 2.45) is 0 Å². The lowest BCUT2D eigenvalue weighted by Gasteiger charge is -2.32. The van der Waals surface area contributed by atoms with Crippen LogP contribution in [-0.4, -0.2) is 23.2 Å². The Labute approximate surface area is 152 Å². The van der Waals surface area contributed by atoms with E-state index >= 15 is 0 Å². The monoisotopic (exact) mass is 355 g/mol. The second-order valence-electron chi connectivity index (χ2n) is 6.18. The molecule has 1 aromatic heterocycles. The molecule has 0 amide bonds. The molecule has 1 aliphatic carbocycles. The maximum absolute atomic E-state index is 11.7. The number of nitrogens with one attached hydrogen (secondary N) is 2. The van der Waals surface area contributed by atoms with Crippen molar-refractivity contribution in [3.63, 3.8) is 0 Å². The van der Waals surface area contributed by atoms with Gasteiger partial charge >= 0.3 is 5.97 Å². The van der Waals surface area contributed by atoms with E-state index in [-0.39, 0.29) is 11.5 Å². The molecule has 1 aromatic carbocycles. The van der Waals surface area contributed by atoms with Crippen LogP contribution in [0.3, 0.4) is 0 Å². The van der Waals surface area contributed by atoms with Crippen molar-refractivity contribution in [2.45, 2.75) is 31.2 Å². The number of nitrogens with zero attached hydrogens (tertiary/aromatic N) is 1. The number of hydrogen-bond acceptors (Lipinski definition) is 4. The summed E-state index contributed by atoms with van der Waals surface area (Å²) in [7, 11) is 1.37. The highest BCUT2D eigenvalue weighted by atomic mass is 32.1. The van der Waals surface area contributed by atoms with E-state index in [9.17, 15) is 4.79 Å². The number of anilines is 1. The van der Waals surface area contributed by atoms with Crippen LogP contribution in [0.25, 0.3) is 0 Å². The SMILES string of the molecule is COC(=O)c1cccc(NC(=S)NC2(c3ccncc3)CCCC2)c1. The summed E-state index contributed by atoms with van der Waals surface area (Å²) in [6.07, 6.45) is 8.01. The Morgan fingerprint density at radius 3 is 2.60 bits per heavy atom. The summed E-state index contributed by atoms with van der Waals surface area (Å²) in [5.74, 6) is -0.369. The Morgan fingerprint density at radius 1 is 1.20 bits per heavy atom. The third kappa shape index (κ3) is 3.96. The number of methoxy groups -OCH3 is 1. The van der Waals surface area contributed by atoms with Crippen molar-refractivity contribution in [2.75, 3.05) is 12.4 Å². The first-order valence-electron chi connectivity index (χ1n) is 8.31. The van der Waals surface area contributed by atoms with Crippen LogP contribution in [0, 0.1) is 0 Å². The number of benzene rings is 1. The predicted molar refractivity (Wildman–Crippen MR) is 102 cm³/mol. The van der Waals surface area contributed by atoms with E-state index in [1.807, 2.05) is 30.6 Å². The second kappa shape index (κ2) is 7.61. The maximum Gasteiger partial charge on any atom is 0.337 e. The molecular formula is C19H21N3O2S. The molecule has 1 aliphatic rings. The molecule has 1 saturated carbocycles. The Balaban J connectivity index is 1.74. The van der Waals surface area contributed by atoms with Crippen LogP contribution in [-0.2, 0) is 10.3 Å². The molecule has 130 valence electrons. The summed E-state index contributed by atoms with van der Waals surface area (Å²) in [6, 6.07) is 11.2. The van der Waals surface area contributed by atoms with Crippen LogP contribution in [0.15, 0.2) is 48.8 Å². The molecule has 5 nitrogen and oxygen atoms in total. The summed E-state index contributed by atoms with van der Waals surface area (Å²) in [4.78, 5) is 15.8. The quantitative estimate of drug-likeness (QED) is 0.645. The Morgan fingerprint density at radius 2 is 1.92 bits per heavy atom. The minimum Gasteiger partial charge on any atom is -0.465 e. The zero-order valence-corrected chi connectivity index (χ0v) is 14.9. The van der Waals surface area contributed by atoms with Crippen LogP contribution in [0.5, 0.6) is 0 Å². The summed E-state index contributed by atoms with van der Waals surface area (Å²) >= 11 is 5.53. The van der Waals surface area contributed by atoms with Crippen molar-refractivity contribution in [3.8, 4) is 0 Å². The average Bonchev–Trinajstić information content (AvgIpc) is 3.11. The Kier molecular flexibility index (Phi) is 5.28. The normalized spacial score (nSPS) is 15.4. The lowest BCUT2D eigenvalue weighted by atomic mass is 9.89. The third-order valence-corrected chi connectivity index (χ3v) is 4.79. The van der Waals surface area contributed by atoms with Crippen molar-refractivity contribution in [1.82, 2.24) is 10.3 Å². The van der Waals surface area contributed by atoms with Gasteiger partial charge in [-0.15, -0.1) is 0 Å². The largest absolute Gasteiger partial charge is 0.465 e. The van der Waals surface area contributed by atoms with Crippen molar-refractivity contribution >= 4 is 29.0 Å². The second-order valence-corrected chi connectivity index (χ2v) is 6.58. The highest BCUT2D eigenvalue weighted by molar-refractivity contribution is 7.80. The van der Waals surface area contributed by atoms with Gasteiger partial charge in [0.15, 0.2) is 5.11 Å². The van der Waals surface area contributed by atoms with Gasteiger partial charge in [-0.1, -0.05) is 18.9 Å². The van der Waals surface area contributed by atoms with E-state index in [0.29, 0.717) is 10.7 Å². The first-order valence-corrected chi connectivity index (χ1v) is 8.72. The minimum atomic E-state index is -0.369. The molecule has 2 N–H and O–H groups in total. The first kappa shape index (κ1) is 17.4. The number of hydrogen-bond donors (Lipinski definition) is 2. The van der Waals surface area contributed by atoms with Crippen molar-refractivity contribution in [3.05, 3.63) is 59.9 Å². The van der Waals surface area contributed by atoms with Gasteiger partial charge < -0.3 is 15.4 Å². The predicted octanol–water partition coefficient (Wildman–Crippen LogP) is 3.62. The maximum atomic E-state index is 11.7. The summed E-state index contributed by atoms with van der Waals surface area (Å²) in [5.41, 5.74) is 2.28. The summed E-state index contributed by atoms with van der Waals surface area (Å²) in [5, 5.41) is 7.22. The highest BCUT2D eigenvalue weighted by Gasteiger charge is 2.36. The van der Waals surface area contributed by atoms with E-state index in [1.54, 1.807) is 18.2 Å². The Hall–Kier alpha value is -2.47. The zero-order chi connectivity index (χ0) is 17.7. The fraction of sp³-hybridized carbons (Fsp3) is 0.316. The van der Waals surface area contributed by atoms with Crippen LogP contribution >= 0.6 is 12.2 Å². The van der Waals surface area contributed by atoms with Gasteiger partial charge in [0, 0.05) is 18.1 Å². The van der Waals surface area contributed by atoms with E-state index in [1.165, 1.54) is 12.7 Å². The molecule has 2 aromatic rings. The van der Waals surface area contributed by atoms with Gasteiger partial charge in [-0.2, -0.15) is 0 Å². The molecule has 3 rings (SSSR count). The molecule has 1 heterocycles. The van der Waals surface area contributed by atoms with Crippen molar-refractivity contribution < 1.29 is 9.53 Å². The average molecular weight is 355 g/mol. The molecule has 1 fully saturated rings. The van der Waals surface area contributed by atoms with Gasteiger partial charge in [-0.25, -0.2) is 4.79 Å². The van der Waals surface area contributed by atoms with Gasteiger partial charge in [0.2, 0.25) is 0 Å². The highest BCUT2D eigenvalue weighted by Crippen LogP contribution is 2.38. The number of thiocarbonyl (C=S) groups is 1. The van der Waals surface area contributed by atoms with E-state index in [2.05, 4.69) is 15.6 Å². The van der Waals surface area contributed by atoms with Gasteiger partial charge in [0.1, 0.15) is 0 Å². The van der Waals surface area contributed by atoms with Crippen LogP contribution in [0.2, 0.25) is 0 Å². The van der Waals surface area contributed by atoms with E-state index in [0.717, 1.165) is 31.4 Å². The summed E-state index contributed by atoms with van der Waals surface area (Å²) in [6.45, 7) is 0. The lowest BCUT2D eigenvalue weighted by Crippen LogP contribution is -2.45. The number of rotatable bonds is 4. The number of pyridine rings is 1. The third-order valence-electron chi connectivity index (χ3n) is 4.58. The molecule has 0 bridgehead atoms. The zero-order valence-electron chi connectivity index (χ0n) is 14.1. The van der Waals surface area contributed by atoms with E-state index in [4.69, 9.17) is 17.0 Å². The molecule has 0 unspecified atom stereocenters. The van der Waals surface area contributed by atoms with Gasteiger partial charge in [0.25, 0.3) is 0 Å². The smallest absolute Gasteiger partial charge is 0.337 e. The number of ether oxygens (including phenoxy) is 1. The lowest BCUT2D eigenvalue weighted by molar-refractivity contribution is 0.0601. The van der Waals surface area contributed by atoms with Gasteiger partial charge in [0.05, 0.1) is 18.2 Å². The molecule has 0 atom stereocenters. The van der Waals surface area contributed by atoms with Crippen LogP contribution in [0.4, 0.5) is 5.69 Å². The number of carbonyl (C=O) groups excluding carboxylic acids is 1. The topological polar surface area (TPSA) is 63.2 Å². The molecular weight excluding hydrogens is 334 g/mol.